The summed E-state index contributed by atoms with van der Waals surface area (Å²) in [4.78, 5) is 4.51. The Bertz CT molecular complexity index is 1030. The van der Waals surface area contributed by atoms with Crippen molar-refractivity contribution in [3.05, 3.63) is 71.0 Å². The molecule has 0 aliphatic carbocycles. The lowest BCUT2D eigenvalue weighted by molar-refractivity contribution is 0.354. The number of para-hydroxylation sites is 1. The van der Waals surface area contributed by atoms with Crippen molar-refractivity contribution < 1.29 is 9.47 Å². The fourth-order valence-corrected chi connectivity index (χ4v) is 3.32. The molecule has 0 saturated heterocycles. The lowest BCUT2D eigenvalue weighted by atomic mass is 10.1. The summed E-state index contributed by atoms with van der Waals surface area (Å²) < 4.78 is 12.6. The monoisotopic (exact) mass is 407 g/mol. The minimum Gasteiger partial charge on any atom is -0.493 e. The van der Waals surface area contributed by atoms with E-state index in [1.807, 2.05) is 61.0 Å². The van der Waals surface area contributed by atoms with E-state index in [0.717, 1.165) is 46.1 Å². The molecule has 3 N–H and O–H groups in total. The molecule has 0 aliphatic rings. The maximum absolute atomic E-state index is 6.08. The molecule has 0 saturated carbocycles. The molecule has 3 rings (SSSR count). The van der Waals surface area contributed by atoms with Gasteiger partial charge in [0.1, 0.15) is 0 Å². The molecule has 0 radical (unpaired) electrons. The Hall–Kier alpha value is -3.48. The lowest BCUT2D eigenvalue weighted by Crippen LogP contribution is -2.33. The van der Waals surface area contributed by atoms with Gasteiger partial charge in [0.25, 0.3) is 0 Å². The lowest BCUT2D eigenvalue weighted by Gasteiger charge is -2.11. The standard InChI is InChI=1S/C23H29N5O2/c1-16-13-17(2)28(27-16)20-8-6-5-7-19(20)15-26-23(24)25-12-11-18-9-10-21(29-3)22(14-18)30-4/h5-10,13-14H,11-12,15H2,1-4H3,(H3,24,25,26). The Morgan fingerprint density at radius 3 is 2.53 bits per heavy atom. The summed E-state index contributed by atoms with van der Waals surface area (Å²) in [6, 6.07) is 16.0. The average Bonchev–Trinajstić information content (AvgIpc) is 3.10. The van der Waals surface area contributed by atoms with Crippen LogP contribution in [0.5, 0.6) is 11.5 Å². The maximum Gasteiger partial charge on any atom is 0.188 e. The van der Waals surface area contributed by atoms with E-state index in [2.05, 4.69) is 21.5 Å². The second-order valence-electron chi connectivity index (χ2n) is 7.04. The fourth-order valence-electron chi connectivity index (χ4n) is 3.32. The topological polar surface area (TPSA) is 86.7 Å². The Balaban J connectivity index is 1.61. The fraction of sp³-hybridized carbons (Fsp3) is 0.304. The molecule has 1 heterocycles. The second kappa shape index (κ2) is 9.82. The van der Waals surface area contributed by atoms with Crippen LogP contribution in [0, 0.1) is 13.8 Å². The summed E-state index contributed by atoms with van der Waals surface area (Å²) in [5.41, 5.74) is 11.4. The highest BCUT2D eigenvalue weighted by Gasteiger charge is 2.08. The van der Waals surface area contributed by atoms with E-state index >= 15 is 0 Å². The van der Waals surface area contributed by atoms with Crippen LogP contribution in [-0.2, 0) is 13.0 Å². The molecule has 30 heavy (non-hydrogen) atoms. The second-order valence-corrected chi connectivity index (χ2v) is 7.04. The molecule has 0 unspecified atom stereocenters. The van der Waals surface area contributed by atoms with Crippen molar-refractivity contribution in [2.45, 2.75) is 26.8 Å². The van der Waals surface area contributed by atoms with Crippen LogP contribution in [0.4, 0.5) is 0 Å². The first kappa shape index (κ1) is 21.2. The number of nitrogens with two attached hydrogens (primary N) is 1. The highest BCUT2D eigenvalue weighted by Crippen LogP contribution is 2.27. The minimum atomic E-state index is 0.415. The Morgan fingerprint density at radius 1 is 1.07 bits per heavy atom. The van der Waals surface area contributed by atoms with Crippen molar-refractivity contribution in [1.29, 1.82) is 0 Å². The summed E-state index contributed by atoms with van der Waals surface area (Å²) in [5.74, 6) is 1.85. The molecule has 0 bridgehead atoms. The van der Waals surface area contributed by atoms with Gasteiger partial charge < -0.3 is 20.5 Å². The van der Waals surface area contributed by atoms with E-state index in [1.165, 1.54) is 0 Å². The van der Waals surface area contributed by atoms with Crippen LogP contribution < -0.4 is 20.5 Å². The number of methoxy groups -OCH3 is 2. The first-order valence-electron chi connectivity index (χ1n) is 9.88. The van der Waals surface area contributed by atoms with Crippen LogP contribution in [0.25, 0.3) is 5.69 Å². The predicted octanol–water partition coefficient (Wildman–Crippen LogP) is 3.15. The smallest absolute Gasteiger partial charge is 0.188 e. The normalized spacial score (nSPS) is 11.4. The van der Waals surface area contributed by atoms with Gasteiger partial charge in [-0.15, -0.1) is 0 Å². The number of aryl methyl sites for hydroxylation is 2. The number of guanidine groups is 1. The molecular weight excluding hydrogens is 378 g/mol. The van der Waals surface area contributed by atoms with Gasteiger partial charge in [-0.3, -0.25) is 0 Å². The SMILES string of the molecule is COc1ccc(CCNC(N)=NCc2ccccc2-n2nc(C)cc2C)cc1OC. The van der Waals surface area contributed by atoms with Crippen molar-refractivity contribution in [2.24, 2.45) is 10.7 Å². The van der Waals surface area contributed by atoms with Gasteiger partial charge in [-0.05, 0) is 55.7 Å². The van der Waals surface area contributed by atoms with Crippen LogP contribution in [-0.4, -0.2) is 36.5 Å². The number of nitrogens with zero attached hydrogens (tertiary/aromatic N) is 3. The van der Waals surface area contributed by atoms with Gasteiger partial charge >= 0.3 is 0 Å². The number of aromatic nitrogens is 2. The molecule has 0 fully saturated rings. The number of benzene rings is 2. The van der Waals surface area contributed by atoms with Crippen molar-refractivity contribution in [3.8, 4) is 17.2 Å². The highest BCUT2D eigenvalue weighted by atomic mass is 16.5. The van der Waals surface area contributed by atoms with Crippen LogP contribution in [0.15, 0.2) is 53.5 Å². The molecule has 0 spiro atoms. The highest BCUT2D eigenvalue weighted by molar-refractivity contribution is 5.77. The third-order valence-corrected chi connectivity index (χ3v) is 4.82. The van der Waals surface area contributed by atoms with Gasteiger partial charge in [-0.1, -0.05) is 24.3 Å². The van der Waals surface area contributed by atoms with E-state index in [-0.39, 0.29) is 0 Å². The molecule has 158 valence electrons. The molecule has 7 nitrogen and oxygen atoms in total. The van der Waals surface area contributed by atoms with E-state index in [9.17, 15) is 0 Å². The van der Waals surface area contributed by atoms with Crippen molar-refractivity contribution in [1.82, 2.24) is 15.1 Å². The first-order valence-corrected chi connectivity index (χ1v) is 9.88. The Labute approximate surface area is 177 Å². The quantitative estimate of drug-likeness (QED) is 0.442. The van der Waals surface area contributed by atoms with Crippen molar-refractivity contribution >= 4 is 5.96 Å². The van der Waals surface area contributed by atoms with Gasteiger partial charge in [0.05, 0.1) is 32.1 Å². The van der Waals surface area contributed by atoms with Crippen LogP contribution >= 0.6 is 0 Å². The zero-order valence-electron chi connectivity index (χ0n) is 18.0. The van der Waals surface area contributed by atoms with E-state index < -0.39 is 0 Å². The molecule has 1 aromatic heterocycles. The molecule has 3 aromatic rings. The largest absolute Gasteiger partial charge is 0.493 e. The summed E-state index contributed by atoms with van der Waals surface area (Å²) in [7, 11) is 3.26. The van der Waals surface area contributed by atoms with Gasteiger partial charge in [0.15, 0.2) is 17.5 Å². The van der Waals surface area contributed by atoms with Gasteiger partial charge in [0, 0.05) is 12.2 Å². The van der Waals surface area contributed by atoms with E-state index in [1.54, 1.807) is 14.2 Å². The number of hydrogen-bond donors (Lipinski definition) is 2. The zero-order chi connectivity index (χ0) is 21.5. The molecule has 0 atom stereocenters. The summed E-state index contributed by atoms with van der Waals surface area (Å²) in [6.07, 6.45) is 0.791. The molecular formula is C23H29N5O2. The maximum atomic E-state index is 6.08. The summed E-state index contributed by atoms with van der Waals surface area (Å²) >= 11 is 0. The Morgan fingerprint density at radius 2 is 1.83 bits per heavy atom. The molecule has 0 amide bonds. The number of aliphatic imine (C=N–C) groups is 1. The van der Waals surface area contributed by atoms with Crippen LogP contribution in [0.2, 0.25) is 0 Å². The average molecular weight is 408 g/mol. The van der Waals surface area contributed by atoms with Gasteiger partial charge in [0.2, 0.25) is 0 Å². The third-order valence-electron chi connectivity index (χ3n) is 4.82. The van der Waals surface area contributed by atoms with Crippen molar-refractivity contribution in [3.63, 3.8) is 0 Å². The van der Waals surface area contributed by atoms with E-state index in [4.69, 9.17) is 15.2 Å². The Kier molecular flexibility index (Phi) is 6.95. The number of rotatable bonds is 8. The van der Waals surface area contributed by atoms with Gasteiger partial charge in [-0.2, -0.15) is 5.10 Å². The third kappa shape index (κ3) is 5.11. The summed E-state index contributed by atoms with van der Waals surface area (Å²) in [6.45, 7) is 5.18. The van der Waals surface area contributed by atoms with E-state index in [0.29, 0.717) is 19.0 Å². The first-order chi connectivity index (χ1) is 14.5. The van der Waals surface area contributed by atoms with Crippen LogP contribution in [0.3, 0.4) is 0 Å². The molecule has 7 heteroatoms. The van der Waals surface area contributed by atoms with Crippen LogP contribution in [0.1, 0.15) is 22.5 Å². The zero-order valence-corrected chi connectivity index (χ0v) is 18.0. The van der Waals surface area contributed by atoms with Crippen molar-refractivity contribution in [2.75, 3.05) is 20.8 Å². The minimum absolute atomic E-state index is 0.415. The number of ether oxygens (including phenoxy) is 2. The molecule has 2 aromatic carbocycles. The number of hydrogen-bond acceptors (Lipinski definition) is 4. The summed E-state index contributed by atoms with van der Waals surface area (Å²) in [5, 5.41) is 7.76. The predicted molar refractivity (Wildman–Crippen MR) is 120 cm³/mol. The molecule has 0 aliphatic heterocycles. The van der Waals surface area contributed by atoms with Gasteiger partial charge in [-0.25, -0.2) is 9.67 Å². The number of nitrogens with one attached hydrogen (secondary N) is 1.